The largest absolute Gasteiger partial charge is 0.497 e. The maximum atomic E-state index is 5.41. The molecular weight excluding hydrogens is 214 g/mol. The Bertz CT molecular complexity index is 339. The van der Waals surface area contributed by atoms with Gasteiger partial charge in [-0.05, 0) is 37.6 Å². The summed E-state index contributed by atoms with van der Waals surface area (Å²) in [6.45, 7) is 5.35. The van der Waals surface area contributed by atoms with Gasteiger partial charge >= 0.3 is 0 Å². The molecular formula is C14H23NO2. The number of benzene rings is 1. The van der Waals surface area contributed by atoms with Crippen molar-refractivity contribution in [2.24, 2.45) is 0 Å². The summed E-state index contributed by atoms with van der Waals surface area (Å²) in [5, 5.41) is 3.53. The predicted molar refractivity (Wildman–Crippen MR) is 70.9 cm³/mol. The van der Waals surface area contributed by atoms with E-state index in [-0.39, 0.29) is 0 Å². The Labute approximate surface area is 104 Å². The Morgan fingerprint density at radius 3 is 2.47 bits per heavy atom. The van der Waals surface area contributed by atoms with E-state index in [0.29, 0.717) is 6.04 Å². The van der Waals surface area contributed by atoms with Gasteiger partial charge in [0.25, 0.3) is 0 Å². The second-order valence-corrected chi connectivity index (χ2v) is 4.02. The molecule has 1 aromatic carbocycles. The Balaban J connectivity index is 2.97. The zero-order valence-corrected chi connectivity index (χ0v) is 11.2. The van der Waals surface area contributed by atoms with Crippen LogP contribution in [0.1, 0.15) is 38.3 Å². The molecule has 1 atom stereocenters. The second kappa shape index (κ2) is 7.17. The molecule has 3 nitrogen and oxygen atoms in total. The fraction of sp³-hybridized carbons (Fsp3) is 0.571. The first kappa shape index (κ1) is 13.8. The number of rotatable bonds is 7. The van der Waals surface area contributed by atoms with E-state index in [1.807, 2.05) is 12.1 Å². The van der Waals surface area contributed by atoms with Gasteiger partial charge in [0, 0.05) is 11.6 Å². The molecule has 17 heavy (non-hydrogen) atoms. The van der Waals surface area contributed by atoms with Crippen LogP contribution in [0.15, 0.2) is 18.2 Å². The van der Waals surface area contributed by atoms with Crippen molar-refractivity contribution in [3.63, 3.8) is 0 Å². The highest BCUT2D eigenvalue weighted by Crippen LogP contribution is 2.30. The van der Waals surface area contributed by atoms with Crippen LogP contribution in [0, 0.1) is 0 Å². The molecule has 0 unspecified atom stereocenters. The lowest BCUT2D eigenvalue weighted by atomic mass is 10.0. The molecule has 1 rings (SSSR count). The van der Waals surface area contributed by atoms with Gasteiger partial charge in [0.15, 0.2) is 0 Å². The summed E-state index contributed by atoms with van der Waals surface area (Å²) in [7, 11) is 3.39. The van der Waals surface area contributed by atoms with Gasteiger partial charge < -0.3 is 14.8 Å². The Kier molecular flexibility index (Phi) is 5.84. The number of hydrogen-bond donors (Lipinski definition) is 1. The monoisotopic (exact) mass is 237 g/mol. The minimum atomic E-state index is 0.319. The molecule has 0 saturated heterocycles. The van der Waals surface area contributed by atoms with Crippen molar-refractivity contribution in [1.82, 2.24) is 5.32 Å². The molecule has 0 fully saturated rings. The zero-order valence-electron chi connectivity index (χ0n) is 11.2. The first-order valence-corrected chi connectivity index (χ1v) is 6.22. The molecule has 1 N–H and O–H groups in total. The molecule has 0 aliphatic rings. The number of ether oxygens (including phenoxy) is 2. The number of methoxy groups -OCH3 is 2. The molecule has 0 saturated carbocycles. The zero-order chi connectivity index (χ0) is 12.7. The lowest BCUT2D eigenvalue weighted by Gasteiger charge is -2.20. The van der Waals surface area contributed by atoms with Crippen molar-refractivity contribution in [2.75, 3.05) is 20.8 Å². The molecule has 0 aromatic heterocycles. The molecule has 1 aromatic rings. The Hall–Kier alpha value is -1.22. The highest BCUT2D eigenvalue weighted by atomic mass is 16.5. The number of nitrogens with one attached hydrogen (secondary N) is 1. The van der Waals surface area contributed by atoms with Gasteiger partial charge in [-0.1, -0.05) is 13.8 Å². The van der Waals surface area contributed by atoms with E-state index in [1.54, 1.807) is 14.2 Å². The first-order chi connectivity index (χ1) is 8.26. The van der Waals surface area contributed by atoms with Crippen molar-refractivity contribution in [1.29, 1.82) is 0 Å². The minimum absolute atomic E-state index is 0.319. The highest BCUT2D eigenvalue weighted by molar-refractivity contribution is 5.42. The molecule has 0 heterocycles. The molecule has 0 spiro atoms. The predicted octanol–water partition coefficient (Wildman–Crippen LogP) is 3.15. The van der Waals surface area contributed by atoms with Crippen molar-refractivity contribution in [3.05, 3.63) is 23.8 Å². The average molecular weight is 237 g/mol. The van der Waals surface area contributed by atoms with E-state index < -0.39 is 0 Å². The third-order valence-electron chi connectivity index (χ3n) is 2.86. The quantitative estimate of drug-likeness (QED) is 0.790. The SMILES string of the molecule is CCCN[C@H](CC)c1cc(OC)ccc1OC. The van der Waals surface area contributed by atoms with Crippen molar-refractivity contribution in [2.45, 2.75) is 32.7 Å². The molecule has 0 aliphatic carbocycles. The summed E-state index contributed by atoms with van der Waals surface area (Å²) in [6.07, 6.45) is 2.16. The van der Waals surface area contributed by atoms with Gasteiger partial charge in [0.05, 0.1) is 14.2 Å². The van der Waals surface area contributed by atoms with Gasteiger partial charge in [0.2, 0.25) is 0 Å². The van der Waals surface area contributed by atoms with Crippen molar-refractivity contribution in [3.8, 4) is 11.5 Å². The minimum Gasteiger partial charge on any atom is -0.497 e. The van der Waals surface area contributed by atoms with Crippen LogP contribution >= 0.6 is 0 Å². The Morgan fingerprint density at radius 1 is 1.18 bits per heavy atom. The van der Waals surface area contributed by atoms with Crippen LogP contribution in [0.4, 0.5) is 0 Å². The van der Waals surface area contributed by atoms with Crippen LogP contribution in [-0.2, 0) is 0 Å². The van der Waals surface area contributed by atoms with E-state index in [1.165, 1.54) is 5.56 Å². The van der Waals surface area contributed by atoms with Crippen molar-refractivity contribution >= 4 is 0 Å². The Morgan fingerprint density at radius 2 is 1.94 bits per heavy atom. The van der Waals surface area contributed by atoms with Gasteiger partial charge in [0.1, 0.15) is 11.5 Å². The molecule has 3 heteroatoms. The third kappa shape index (κ3) is 3.63. The molecule has 96 valence electrons. The standard InChI is InChI=1S/C14H23NO2/c1-5-9-15-13(6-2)12-10-11(16-3)7-8-14(12)17-4/h7-8,10,13,15H,5-6,9H2,1-4H3/t13-/m1/s1. The molecule has 0 radical (unpaired) electrons. The van der Waals surface area contributed by atoms with Crippen LogP contribution < -0.4 is 14.8 Å². The molecule has 0 aliphatic heterocycles. The summed E-state index contributed by atoms with van der Waals surface area (Å²) in [5.74, 6) is 1.79. The van der Waals surface area contributed by atoms with Crippen LogP contribution in [0.2, 0.25) is 0 Å². The summed E-state index contributed by atoms with van der Waals surface area (Å²) in [4.78, 5) is 0. The lowest BCUT2D eigenvalue weighted by Crippen LogP contribution is -2.22. The van der Waals surface area contributed by atoms with E-state index in [0.717, 1.165) is 30.9 Å². The smallest absolute Gasteiger partial charge is 0.123 e. The van der Waals surface area contributed by atoms with Gasteiger partial charge in [-0.15, -0.1) is 0 Å². The highest BCUT2D eigenvalue weighted by Gasteiger charge is 2.14. The topological polar surface area (TPSA) is 30.5 Å². The maximum absolute atomic E-state index is 5.41. The summed E-state index contributed by atoms with van der Waals surface area (Å²) in [6, 6.07) is 6.26. The van der Waals surface area contributed by atoms with E-state index in [4.69, 9.17) is 9.47 Å². The molecule has 0 amide bonds. The normalized spacial score (nSPS) is 12.2. The van der Waals surface area contributed by atoms with Crippen molar-refractivity contribution < 1.29 is 9.47 Å². The third-order valence-corrected chi connectivity index (χ3v) is 2.86. The average Bonchev–Trinajstić information content (AvgIpc) is 2.39. The van der Waals surface area contributed by atoms with Crippen LogP contribution in [0.25, 0.3) is 0 Å². The number of hydrogen-bond acceptors (Lipinski definition) is 3. The first-order valence-electron chi connectivity index (χ1n) is 6.22. The van der Waals surface area contributed by atoms with Crippen LogP contribution in [0.5, 0.6) is 11.5 Å². The molecule has 0 bridgehead atoms. The van der Waals surface area contributed by atoms with E-state index in [2.05, 4.69) is 25.2 Å². The second-order valence-electron chi connectivity index (χ2n) is 4.02. The fourth-order valence-corrected chi connectivity index (χ4v) is 1.90. The van der Waals surface area contributed by atoms with Crippen LogP contribution in [0.3, 0.4) is 0 Å². The fourth-order valence-electron chi connectivity index (χ4n) is 1.90. The van der Waals surface area contributed by atoms with Gasteiger partial charge in [-0.3, -0.25) is 0 Å². The summed E-state index contributed by atoms with van der Waals surface area (Å²) >= 11 is 0. The summed E-state index contributed by atoms with van der Waals surface area (Å²) in [5.41, 5.74) is 1.17. The van der Waals surface area contributed by atoms with Crippen LogP contribution in [-0.4, -0.2) is 20.8 Å². The van der Waals surface area contributed by atoms with Gasteiger partial charge in [-0.2, -0.15) is 0 Å². The van der Waals surface area contributed by atoms with E-state index in [9.17, 15) is 0 Å². The van der Waals surface area contributed by atoms with Gasteiger partial charge in [-0.25, -0.2) is 0 Å². The summed E-state index contributed by atoms with van der Waals surface area (Å²) < 4.78 is 10.7. The maximum Gasteiger partial charge on any atom is 0.123 e. The lowest BCUT2D eigenvalue weighted by molar-refractivity contribution is 0.387. The van der Waals surface area contributed by atoms with E-state index >= 15 is 0 Å².